The monoisotopic (exact) mass is 685 g/mol. The molecule has 0 unspecified atom stereocenters. The van der Waals surface area contributed by atoms with Gasteiger partial charge in [0, 0.05) is 19.0 Å². The first kappa shape index (κ1) is 35.5. The number of hydrogen-bond donors (Lipinski definition) is 1. The number of alkyl halides is 3. The lowest BCUT2D eigenvalue weighted by Gasteiger charge is -2.34. The molecule has 0 heterocycles. The number of rotatable bonds is 12. The highest BCUT2D eigenvalue weighted by molar-refractivity contribution is 7.92. The minimum Gasteiger partial charge on any atom is -0.352 e. The van der Waals surface area contributed by atoms with Gasteiger partial charge in [0.25, 0.3) is 10.0 Å². The Hall–Kier alpha value is -4.35. The second-order valence-corrected chi connectivity index (χ2v) is 13.6. The number of hydrogen-bond acceptors (Lipinski definition) is 4. The van der Waals surface area contributed by atoms with Crippen LogP contribution in [0, 0.1) is 6.92 Å². The minimum absolute atomic E-state index is 0.0739. The Morgan fingerprint density at radius 2 is 1.43 bits per heavy atom. The van der Waals surface area contributed by atoms with Crippen LogP contribution in [-0.4, -0.2) is 43.8 Å². The van der Waals surface area contributed by atoms with E-state index < -0.39 is 56.9 Å². The quantitative estimate of drug-likeness (QED) is 0.174. The number of anilines is 1. The van der Waals surface area contributed by atoms with E-state index in [9.17, 15) is 31.2 Å². The van der Waals surface area contributed by atoms with Crippen LogP contribution in [0.3, 0.4) is 0 Å². The molecule has 0 spiro atoms. The zero-order chi connectivity index (χ0) is 34.4. The van der Waals surface area contributed by atoms with Gasteiger partial charge < -0.3 is 10.2 Å². The standard InChI is InChI=1S/C35H35ClF3N3O4S/c1-24(2)40-34(44)32(20-26-10-6-4-7-11-26)41(22-27-12-8-5-9-13-27)33(43)23-42(47(45,46)29-17-14-25(3)15-18-29)28-16-19-31(36)30(21-28)35(37,38)39/h4-19,21,24,32H,20,22-23H2,1-3H3,(H,40,44)/t32-/m1/s1. The summed E-state index contributed by atoms with van der Waals surface area (Å²) in [7, 11) is -4.60. The van der Waals surface area contributed by atoms with Crippen LogP contribution >= 0.6 is 11.6 Å². The normalized spacial score (nSPS) is 12.4. The molecule has 0 saturated heterocycles. The third-order valence-electron chi connectivity index (χ3n) is 7.33. The molecule has 0 aliphatic carbocycles. The first-order valence-electron chi connectivity index (χ1n) is 14.8. The van der Waals surface area contributed by atoms with E-state index in [4.69, 9.17) is 11.6 Å². The Morgan fingerprint density at radius 1 is 0.851 bits per heavy atom. The molecule has 0 aliphatic heterocycles. The Morgan fingerprint density at radius 3 is 1.98 bits per heavy atom. The molecule has 0 fully saturated rings. The summed E-state index contributed by atoms with van der Waals surface area (Å²) >= 11 is 5.87. The molecule has 0 radical (unpaired) electrons. The number of aryl methyl sites for hydroxylation is 1. The maximum Gasteiger partial charge on any atom is 0.417 e. The van der Waals surface area contributed by atoms with Crippen LogP contribution in [0.25, 0.3) is 0 Å². The van der Waals surface area contributed by atoms with Crippen LogP contribution in [0.2, 0.25) is 5.02 Å². The number of nitrogens with one attached hydrogen (secondary N) is 1. The first-order valence-corrected chi connectivity index (χ1v) is 16.6. The van der Waals surface area contributed by atoms with Gasteiger partial charge in [0.15, 0.2) is 0 Å². The highest BCUT2D eigenvalue weighted by atomic mass is 35.5. The molecule has 0 aromatic heterocycles. The van der Waals surface area contributed by atoms with Crippen molar-refractivity contribution in [2.24, 2.45) is 0 Å². The van der Waals surface area contributed by atoms with Gasteiger partial charge in [0.2, 0.25) is 11.8 Å². The van der Waals surface area contributed by atoms with E-state index in [1.165, 1.54) is 17.0 Å². The fourth-order valence-corrected chi connectivity index (χ4v) is 6.60. The molecule has 47 heavy (non-hydrogen) atoms. The van der Waals surface area contributed by atoms with Crippen LogP contribution < -0.4 is 9.62 Å². The summed E-state index contributed by atoms with van der Waals surface area (Å²) in [6.07, 6.45) is -4.80. The second-order valence-electron chi connectivity index (χ2n) is 11.4. The number of sulfonamides is 1. The zero-order valence-corrected chi connectivity index (χ0v) is 27.6. The Labute approximate surface area is 278 Å². The number of carbonyl (C=O) groups excluding carboxylic acids is 2. The fourth-order valence-electron chi connectivity index (χ4n) is 4.97. The van der Waals surface area contributed by atoms with Crippen LogP contribution in [0.1, 0.15) is 36.1 Å². The van der Waals surface area contributed by atoms with Crippen molar-refractivity contribution in [3.63, 3.8) is 0 Å². The third kappa shape index (κ3) is 9.14. The average Bonchev–Trinajstić information content (AvgIpc) is 3.02. The van der Waals surface area contributed by atoms with E-state index in [1.807, 2.05) is 6.07 Å². The maximum absolute atomic E-state index is 14.4. The Bertz CT molecular complexity index is 1790. The van der Waals surface area contributed by atoms with Gasteiger partial charge in [-0.1, -0.05) is 90.0 Å². The molecule has 4 rings (SSSR count). The molecule has 12 heteroatoms. The summed E-state index contributed by atoms with van der Waals surface area (Å²) in [5.41, 5.74) is 0.495. The van der Waals surface area contributed by atoms with Crippen molar-refractivity contribution in [3.05, 3.63) is 130 Å². The van der Waals surface area contributed by atoms with Crippen molar-refractivity contribution in [1.29, 1.82) is 0 Å². The molecular formula is C35H35ClF3N3O4S. The molecule has 7 nitrogen and oxygen atoms in total. The molecule has 1 N–H and O–H groups in total. The van der Waals surface area contributed by atoms with Crippen molar-refractivity contribution in [2.45, 2.75) is 56.9 Å². The number of halogens is 4. The van der Waals surface area contributed by atoms with E-state index in [2.05, 4.69) is 5.32 Å². The van der Waals surface area contributed by atoms with Gasteiger partial charge in [-0.3, -0.25) is 13.9 Å². The lowest BCUT2D eigenvalue weighted by atomic mass is 10.0. The third-order valence-corrected chi connectivity index (χ3v) is 9.45. The summed E-state index contributed by atoms with van der Waals surface area (Å²) in [5.74, 6) is -1.26. The molecule has 0 saturated carbocycles. The van der Waals surface area contributed by atoms with Crippen molar-refractivity contribution in [3.8, 4) is 0 Å². The zero-order valence-electron chi connectivity index (χ0n) is 26.0. The maximum atomic E-state index is 14.4. The average molecular weight is 686 g/mol. The molecule has 4 aromatic rings. The lowest BCUT2D eigenvalue weighted by Crippen LogP contribution is -2.54. The Balaban J connectivity index is 1.85. The van der Waals surface area contributed by atoms with Crippen molar-refractivity contribution < 1.29 is 31.2 Å². The molecular weight excluding hydrogens is 651 g/mol. The van der Waals surface area contributed by atoms with Gasteiger partial charge in [-0.25, -0.2) is 8.42 Å². The van der Waals surface area contributed by atoms with E-state index >= 15 is 0 Å². The second kappa shape index (κ2) is 15.0. The number of benzene rings is 4. The smallest absolute Gasteiger partial charge is 0.352 e. The van der Waals surface area contributed by atoms with E-state index in [1.54, 1.807) is 87.5 Å². The number of nitrogens with zero attached hydrogens (tertiary/aromatic N) is 2. The molecule has 248 valence electrons. The lowest BCUT2D eigenvalue weighted by molar-refractivity contribution is -0.140. The van der Waals surface area contributed by atoms with E-state index in [0.717, 1.165) is 23.3 Å². The SMILES string of the molecule is Cc1ccc(S(=O)(=O)N(CC(=O)N(Cc2ccccc2)[C@H](Cc2ccccc2)C(=O)NC(C)C)c2ccc(Cl)c(C(F)(F)F)c2)cc1. The number of carbonyl (C=O) groups is 2. The number of amides is 2. The molecule has 2 amide bonds. The summed E-state index contributed by atoms with van der Waals surface area (Å²) in [4.78, 5) is 29.2. The van der Waals surface area contributed by atoms with Crippen LogP contribution in [-0.2, 0) is 38.8 Å². The van der Waals surface area contributed by atoms with Gasteiger partial charge in [-0.15, -0.1) is 0 Å². The Kier molecular flexibility index (Phi) is 11.4. The molecule has 1 atom stereocenters. The van der Waals surface area contributed by atoms with Crippen LogP contribution in [0.4, 0.5) is 18.9 Å². The predicted octanol–water partition coefficient (Wildman–Crippen LogP) is 7.03. The van der Waals surface area contributed by atoms with Gasteiger partial charge in [0.1, 0.15) is 12.6 Å². The topological polar surface area (TPSA) is 86.8 Å². The summed E-state index contributed by atoms with van der Waals surface area (Å²) in [6.45, 7) is 4.33. The van der Waals surface area contributed by atoms with Crippen molar-refractivity contribution >= 4 is 39.1 Å². The van der Waals surface area contributed by atoms with Crippen molar-refractivity contribution in [2.75, 3.05) is 10.8 Å². The van der Waals surface area contributed by atoms with Gasteiger partial charge >= 0.3 is 6.18 Å². The molecule has 0 aliphatic rings. The van der Waals surface area contributed by atoms with E-state index in [0.29, 0.717) is 15.9 Å². The van der Waals surface area contributed by atoms with Gasteiger partial charge in [-0.2, -0.15) is 13.2 Å². The van der Waals surface area contributed by atoms with Crippen LogP contribution in [0.15, 0.2) is 108 Å². The summed E-state index contributed by atoms with van der Waals surface area (Å²) in [6, 6.07) is 24.9. The molecule has 4 aromatic carbocycles. The predicted molar refractivity (Wildman–Crippen MR) is 176 cm³/mol. The highest BCUT2D eigenvalue weighted by Crippen LogP contribution is 2.38. The van der Waals surface area contributed by atoms with Gasteiger partial charge in [-0.05, 0) is 62.2 Å². The molecule has 0 bridgehead atoms. The van der Waals surface area contributed by atoms with Gasteiger partial charge in [0.05, 0.1) is 21.2 Å². The minimum atomic E-state index is -4.90. The fraction of sp³-hybridized carbons (Fsp3) is 0.257. The first-order chi connectivity index (χ1) is 22.2. The summed E-state index contributed by atoms with van der Waals surface area (Å²) < 4.78 is 70.6. The summed E-state index contributed by atoms with van der Waals surface area (Å²) in [5, 5.41) is 2.23. The van der Waals surface area contributed by atoms with E-state index in [-0.39, 0.29) is 23.9 Å². The van der Waals surface area contributed by atoms with Crippen LogP contribution in [0.5, 0.6) is 0 Å². The largest absolute Gasteiger partial charge is 0.417 e. The highest BCUT2D eigenvalue weighted by Gasteiger charge is 2.37. The van der Waals surface area contributed by atoms with Crippen molar-refractivity contribution in [1.82, 2.24) is 10.2 Å².